The van der Waals surface area contributed by atoms with Crippen molar-refractivity contribution in [3.63, 3.8) is 0 Å². The monoisotopic (exact) mass is 466 g/mol. The SMILES string of the molecule is CC(C)CC(NC(=O)Cc1ccc(OC(C)(C)C(=O)O)cc1)c1ccc(N2CCCCC2)cc1. The normalized spacial score (nSPS) is 15.1. The number of aliphatic carboxylic acids is 1. The fraction of sp³-hybridized carbons (Fsp3) is 0.500. The summed E-state index contributed by atoms with van der Waals surface area (Å²) < 4.78 is 5.54. The molecular weight excluding hydrogens is 428 g/mol. The number of carboxylic acid groups (broad SMARTS) is 1. The van der Waals surface area contributed by atoms with E-state index in [1.165, 1.54) is 38.8 Å². The van der Waals surface area contributed by atoms with Crippen molar-refractivity contribution in [3.05, 3.63) is 59.7 Å². The predicted octanol–water partition coefficient (Wildman–Crippen LogP) is 5.37. The molecule has 0 aliphatic carbocycles. The summed E-state index contributed by atoms with van der Waals surface area (Å²) in [4.78, 5) is 26.6. The van der Waals surface area contributed by atoms with Crippen LogP contribution in [-0.2, 0) is 16.0 Å². The summed E-state index contributed by atoms with van der Waals surface area (Å²) in [6.07, 6.45) is 4.93. The number of carbonyl (C=O) groups is 2. The number of nitrogens with one attached hydrogen (secondary N) is 1. The first-order valence-corrected chi connectivity index (χ1v) is 12.3. The Hall–Kier alpha value is -3.02. The number of anilines is 1. The molecule has 6 nitrogen and oxygen atoms in total. The Morgan fingerprint density at radius 2 is 1.62 bits per heavy atom. The fourth-order valence-electron chi connectivity index (χ4n) is 4.26. The lowest BCUT2D eigenvalue weighted by Gasteiger charge is -2.29. The van der Waals surface area contributed by atoms with Crippen LogP contribution in [0.1, 0.15) is 70.5 Å². The van der Waals surface area contributed by atoms with Crippen molar-refractivity contribution in [2.24, 2.45) is 5.92 Å². The third-order valence-corrected chi connectivity index (χ3v) is 6.24. The molecule has 1 heterocycles. The molecule has 0 radical (unpaired) electrons. The van der Waals surface area contributed by atoms with Gasteiger partial charge < -0.3 is 20.1 Å². The molecule has 0 spiro atoms. The summed E-state index contributed by atoms with van der Waals surface area (Å²) in [7, 11) is 0. The van der Waals surface area contributed by atoms with E-state index in [0.29, 0.717) is 11.7 Å². The molecule has 184 valence electrons. The molecule has 1 aliphatic heterocycles. The van der Waals surface area contributed by atoms with Crippen LogP contribution in [0, 0.1) is 5.92 Å². The first-order valence-electron chi connectivity index (χ1n) is 12.3. The van der Waals surface area contributed by atoms with Gasteiger partial charge in [0.1, 0.15) is 5.75 Å². The summed E-state index contributed by atoms with van der Waals surface area (Å²) in [6, 6.07) is 15.6. The molecule has 1 unspecified atom stereocenters. The fourth-order valence-corrected chi connectivity index (χ4v) is 4.26. The van der Waals surface area contributed by atoms with E-state index < -0.39 is 11.6 Å². The summed E-state index contributed by atoms with van der Waals surface area (Å²) in [6.45, 7) is 9.57. The summed E-state index contributed by atoms with van der Waals surface area (Å²) >= 11 is 0. The Kier molecular flexibility index (Phi) is 8.59. The largest absolute Gasteiger partial charge is 0.478 e. The molecule has 0 aromatic heterocycles. The van der Waals surface area contributed by atoms with E-state index in [1.54, 1.807) is 24.3 Å². The lowest BCUT2D eigenvalue weighted by atomic mass is 9.96. The average molecular weight is 467 g/mol. The second kappa shape index (κ2) is 11.4. The van der Waals surface area contributed by atoms with E-state index in [0.717, 1.165) is 30.6 Å². The predicted molar refractivity (Wildman–Crippen MR) is 135 cm³/mol. The van der Waals surface area contributed by atoms with Gasteiger partial charge in [0, 0.05) is 18.8 Å². The van der Waals surface area contributed by atoms with Crippen LogP contribution >= 0.6 is 0 Å². The van der Waals surface area contributed by atoms with Crippen LogP contribution in [0.15, 0.2) is 48.5 Å². The standard InChI is InChI=1S/C28H38N2O4/c1-20(2)18-25(22-10-12-23(13-11-22)30-16-6-5-7-17-30)29-26(31)19-21-8-14-24(15-9-21)34-28(3,4)27(32)33/h8-15,20,25H,5-7,16-19H2,1-4H3,(H,29,31)(H,32,33). The number of hydrogen-bond acceptors (Lipinski definition) is 4. The smallest absolute Gasteiger partial charge is 0.347 e. The van der Waals surface area contributed by atoms with E-state index >= 15 is 0 Å². The number of hydrogen-bond donors (Lipinski definition) is 2. The Bertz CT molecular complexity index is 945. The maximum atomic E-state index is 12.9. The van der Waals surface area contributed by atoms with Gasteiger partial charge in [-0.15, -0.1) is 0 Å². The van der Waals surface area contributed by atoms with Crippen LogP contribution in [0.2, 0.25) is 0 Å². The molecular formula is C28H38N2O4. The molecule has 0 bridgehead atoms. The maximum Gasteiger partial charge on any atom is 0.347 e. The molecule has 1 atom stereocenters. The highest BCUT2D eigenvalue weighted by Crippen LogP contribution is 2.26. The molecule has 2 aromatic carbocycles. The van der Waals surface area contributed by atoms with Gasteiger partial charge in [-0.2, -0.15) is 0 Å². The molecule has 2 N–H and O–H groups in total. The molecule has 1 aliphatic rings. The molecule has 6 heteroatoms. The molecule has 1 amide bonds. The Morgan fingerprint density at radius 3 is 2.18 bits per heavy atom. The number of ether oxygens (including phenoxy) is 1. The maximum absolute atomic E-state index is 12.9. The minimum absolute atomic E-state index is 0.0368. The van der Waals surface area contributed by atoms with Gasteiger partial charge in [0.25, 0.3) is 0 Å². The Balaban J connectivity index is 1.62. The zero-order valence-corrected chi connectivity index (χ0v) is 20.8. The molecule has 34 heavy (non-hydrogen) atoms. The third kappa shape index (κ3) is 7.24. The van der Waals surface area contributed by atoms with Gasteiger partial charge in [-0.1, -0.05) is 38.1 Å². The van der Waals surface area contributed by atoms with Gasteiger partial charge in [-0.25, -0.2) is 4.79 Å². The number of benzene rings is 2. The molecule has 2 aromatic rings. The van der Waals surface area contributed by atoms with Crippen molar-refractivity contribution < 1.29 is 19.4 Å². The second-order valence-electron chi connectivity index (χ2n) is 10.1. The van der Waals surface area contributed by atoms with Gasteiger partial charge in [0.2, 0.25) is 5.91 Å². The number of nitrogens with zero attached hydrogens (tertiary/aromatic N) is 1. The first kappa shape index (κ1) is 25.6. The molecule has 1 fully saturated rings. The molecule has 3 rings (SSSR count). The van der Waals surface area contributed by atoms with Gasteiger partial charge in [0.05, 0.1) is 12.5 Å². The van der Waals surface area contributed by atoms with E-state index in [2.05, 4.69) is 48.3 Å². The summed E-state index contributed by atoms with van der Waals surface area (Å²) in [5, 5.41) is 12.4. The van der Waals surface area contributed by atoms with E-state index in [4.69, 9.17) is 4.74 Å². The van der Waals surface area contributed by atoms with Crippen molar-refractivity contribution in [2.75, 3.05) is 18.0 Å². The highest BCUT2D eigenvalue weighted by Gasteiger charge is 2.29. The number of rotatable bonds is 10. The van der Waals surface area contributed by atoms with Gasteiger partial charge in [-0.05, 0) is 80.8 Å². The van der Waals surface area contributed by atoms with Crippen LogP contribution in [0.4, 0.5) is 5.69 Å². The lowest BCUT2D eigenvalue weighted by molar-refractivity contribution is -0.152. The lowest BCUT2D eigenvalue weighted by Crippen LogP contribution is -2.37. The van der Waals surface area contributed by atoms with Crippen molar-refractivity contribution in [2.45, 2.75) is 71.4 Å². The number of amides is 1. The average Bonchev–Trinajstić information content (AvgIpc) is 2.80. The van der Waals surface area contributed by atoms with Crippen LogP contribution in [0.5, 0.6) is 5.75 Å². The van der Waals surface area contributed by atoms with Crippen molar-refractivity contribution in [1.29, 1.82) is 0 Å². The minimum atomic E-state index is -1.31. The molecule has 1 saturated heterocycles. The number of carbonyl (C=O) groups excluding carboxylic acids is 1. The highest BCUT2D eigenvalue weighted by atomic mass is 16.5. The molecule has 0 saturated carbocycles. The zero-order chi connectivity index (χ0) is 24.7. The Morgan fingerprint density at radius 1 is 1.00 bits per heavy atom. The highest BCUT2D eigenvalue weighted by molar-refractivity contribution is 5.79. The van der Waals surface area contributed by atoms with Crippen LogP contribution in [0.25, 0.3) is 0 Å². The zero-order valence-electron chi connectivity index (χ0n) is 20.8. The van der Waals surface area contributed by atoms with Gasteiger partial charge >= 0.3 is 5.97 Å². The summed E-state index contributed by atoms with van der Waals surface area (Å²) in [5.74, 6) is -0.162. The van der Waals surface area contributed by atoms with E-state index in [9.17, 15) is 14.7 Å². The first-order chi connectivity index (χ1) is 16.1. The van der Waals surface area contributed by atoms with Gasteiger partial charge in [0.15, 0.2) is 5.60 Å². The summed E-state index contributed by atoms with van der Waals surface area (Å²) in [5.41, 5.74) is 1.92. The van der Waals surface area contributed by atoms with Crippen molar-refractivity contribution >= 4 is 17.6 Å². The third-order valence-electron chi connectivity index (χ3n) is 6.24. The van der Waals surface area contributed by atoms with Crippen molar-refractivity contribution in [1.82, 2.24) is 5.32 Å². The number of piperidine rings is 1. The van der Waals surface area contributed by atoms with E-state index in [-0.39, 0.29) is 18.4 Å². The number of carboxylic acids is 1. The Labute approximate surface area is 203 Å². The quantitative estimate of drug-likeness (QED) is 0.492. The van der Waals surface area contributed by atoms with Crippen molar-refractivity contribution in [3.8, 4) is 5.75 Å². The van der Waals surface area contributed by atoms with Crippen LogP contribution < -0.4 is 15.0 Å². The second-order valence-corrected chi connectivity index (χ2v) is 10.1. The van der Waals surface area contributed by atoms with E-state index in [1.807, 2.05) is 0 Å². The van der Waals surface area contributed by atoms with Gasteiger partial charge in [-0.3, -0.25) is 4.79 Å². The minimum Gasteiger partial charge on any atom is -0.478 e. The topological polar surface area (TPSA) is 78.9 Å². The van der Waals surface area contributed by atoms with Crippen LogP contribution in [-0.4, -0.2) is 35.7 Å². The van der Waals surface area contributed by atoms with Crippen LogP contribution in [0.3, 0.4) is 0 Å².